The largest absolute Gasteiger partial charge is 0.481 e. The van der Waals surface area contributed by atoms with Gasteiger partial charge < -0.3 is 10.1 Å². The number of aryl methyl sites for hydroxylation is 3. The fourth-order valence-electron chi connectivity index (χ4n) is 3.76. The molecular formula is C24H31NO2. The van der Waals surface area contributed by atoms with Crippen LogP contribution in [0.4, 0.5) is 0 Å². The first kappa shape index (κ1) is 19.5. The van der Waals surface area contributed by atoms with Gasteiger partial charge in [-0.05, 0) is 74.3 Å². The summed E-state index contributed by atoms with van der Waals surface area (Å²) in [4.78, 5) is 12.8. The van der Waals surface area contributed by atoms with Crippen molar-refractivity contribution in [3.63, 3.8) is 0 Å². The molecule has 1 aliphatic rings. The van der Waals surface area contributed by atoms with Crippen molar-refractivity contribution in [2.45, 2.75) is 71.4 Å². The molecule has 1 aliphatic carbocycles. The second-order valence-corrected chi connectivity index (χ2v) is 7.53. The minimum absolute atomic E-state index is 0.0281. The van der Waals surface area contributed by atoms with Gasteiger partial charge in [-0.25, -0.2) is 0 Å². The van der Waals surface area contributed by atoms with E-state index in [0.29, 0.717) is 6.42 Å². The lowest BCUT2D eigenvalue weighted by molar-refractivity contribution is -0.128. The second-order valence-electron chi connectivity index (χ2n) is 7.53. The van der Waals surface area contributed by atoms with Gasteiger partial charge in [0.25, 0.3) is 5.91 Å². The molecule has 0 spiro atoms. The summed E-state index contributed by atoms with van der Waals surface area (Å²) in [6.45, 7) is 6.14. The van der Waals surface area contributed by atoms with Crippen molar-refractivity contribution >= 4 is 5.91 Å². The first-order chi connectivity index (χ1) is 13.1. The molecular weight excluding hydrogens is 334 g/mol. The van der Waals surface area contributed by atoms with Crippen LogP contribution in [0.2, 0.25) is 0 Å². The summed E-state index contributed by atoms with van der Waals surface area (Å²) in [7, 11) is 0. The van der Waals surface area contributed by atoms with Crippen molar-refractivity contribution in [2.75, 3.05) is 0 Å². The quantitative estimate of drug-likeness (QED) is 0.723. The molecule has 3 heteroatoms. The maximum atomic E-state index is 12.8. The summed E-state index contributed by atoms with van der Waals surface area (Å²) in [6, 6.07) is 14.6. The van der Waals surface area contributed by atoms with Crippen molar-refractivity contribution < 1.29 is 9.53 Å². The fraction of sp³-hybridized carbons (Fsp3) is 0.458. The predicted molar refractivity (Wildman–Crippen MR) is 110 cm³/mol. The van der Waals surface area contributed by atoms with Gasteiger partial charge in [0.1, 0.15) is 5.75 Å². The Kier molecular flexibility index (Phi) is 6.54. The lowest BCUT2D eigenvalue weighted by Gasteiger charge is -2.24. The number of fused-ring (bicyclic) bond motifs is 1. The molecule has 144 valence electrons. The van der Waals surface area contributed by atoms with E-state index in [9.17, 15) is 4.79 Å². The molecule has 1 amide bonds. The van der Waals surface area contributed by atoms with Crippen molar-refractivity contribution in [3.05, 3.63) is 64.7 Å². The van der Waals surface area contributed by atoms with Crippen LogP contribution in [0.15, 0.2) is 42.5 Å². The molecule has 2 aromatic carbocycles. The third-order valence-corrected chi connectivity index (χ3v) is 5.46. The number of nitrogens with one attached hydrogen (secondary N) is 1. The van der Waals surface area contributed by atoms with E-state index in [4.69, 9.17) is 4.74 Å². The summed E-state index contributed by atoms with van der Waals surface area (Å²) in [5.74, 6) is 0.701. The predicted octanol–water partition coefficient (Wildman–Crippen LogP) is 5.30. The van der Waals surface area contributed by atoms with E-state index in [1.807, 2.05) is 38.1 Å². The monoisotopic (exact) mass is 365 g/mol. The average Bonchev–Trinajstić information content (AvgIpc) is 2.71. The number of carbonyl (C=O) groups is 1. The third-order valence-electron chi connectivity index (χ3n) is 5.46. The van der Waals surface area contributed by atoms with Gasteiger partial charge in [0.15, 0.2) is 6.10 Å². The average molecular weight is 366 g/mol. The number of benzene rings is 2. The van der Waals surface area contributed by atoms with Crippen molar-refractivity contribution in [2.24, 2.45) is 0 Å². The van der Waals surface area contributed by atoms with Crippen molar-refractivity contribution in [3.8, 4) is 5.75 Å². The van der Waals surface area contributed by atoms with Crippen LogP contribution >= 0.6 is 0 Å². The molecule has 0 unspecified atom stereocenters. The van der Waals surface area contributed by atoms with E-state index in [2.05, 4.69) is 30.4 Å². The molecule has 0 saturated carbocycles. The molecule has 3 rings (SSSR count). The molecule has 0 heterocycles. The normalized spacial score (nSPS) is 15.5. The molecule has 0 saturated heterocycles. The topological polar surface area (TPSA) is 38.3 Å². The Morgan fingerprint density at radius 1 is 1.00 bits per heavy atom. The summed E-state index contributed by atoms with van der Waals surface area (Å²) in [5, 5.41) is 3.21. The highest BCUT2D eigenvalue weighted by Crippen LogP contribution is 2.26. The summed E-state index contributed by atoms with van der Waals surface area (Å²) >= 11 is 0. The van der Waals surface area contributed by atoms with Gasteiger partial charge in [-0.2, -0.15) is 0 Å². The van der Waals surface area contributed by atoms with Gasteiger partial charge in [-0.3, -0.25) is 4.79 Å². The molecule has 27 heavy (non-hydrogen) atoms. The number of carbonyl (C=O) groups excluding carboxylic acids is 1. The molecule has 0 aliphatic heterocycles. The van der Waals surface area contributed by atoms with Crippen LogP contribution in [-0.2, 0) is 17.6 Å². The Hall–Kier alpha value is -2.29. The van der Waals surface area contributed by atoms with E-state index >= 15 is 0 Å². The molecule has 0 fully saturated rings. The molecule has 0 aromatic heterocycles. The standard InChI is InChI=1S/C24H31NO2/c1-4-22(20-13-12-18-8-6-7-9-19(18)16-20)25-24(26)23(5-2)27-21-14-10-17(3)11-15-21/h10-16,22-23H,4-9H2,1-3H3,(H,25,26)/t22-,23-/m1/s1. The Balaban J connectivity index is 1.68. The minimum atomic E-state index is -0.473. The van der Waals surface area contributed by atoms with E-state index in [1.54, 1.807) is 0 Å². The molecule has 3 nitrogen and oxygen atoms in total. The lowest BCUT2D eigenvalue weighted by atomic mass is 9.88. The zero-order valence-electron chi connectivity index (χ0n) is 16.8. The molecule has 2 aromatic rings. The van der Waals surface area contributed by atoms with Crippen molar-refractivity contribution in [1.82, 2.24) is 5.32 Å². The zero-order valence-corrected chi connectivity index (χ0v) is 16.8. The first-order valence-corrected chi connectivity index (χ1v) is 10.3. The van der Waals surface area contributed by atoms with Crippen LogP contribution in [0.1, 0.15) is 67.8 Å². The number of hydrogen-bond acceptors (Lipinski definition) is 2. The third kappa shape index (κ3) is 4.91. The first-order valence-electron chi connectivity index (χ1n) is 10.3. The Morgan fingerprint density at radius 3 is 2.37 bits per heavy atom. The van der Waals surface area contributed by atoms with E-state index in [-0.39, 0.29) is 11.9 Å². The Labute approximate surface area is 163 Å². The number of amides is 1. The maximum Gasteiger partial charge on any atom is 0.261 e. The zero-order chi connectivity index (χ0) is 19.2. The van der Waals surface area contributed by atoms with Gasteiger partial charge in [-0.1, -0.05) is 49.7 Å². The smallest absolute Gasteiger partial charge is 0.261 e. The highest BCUT2D eigenvalue weighted by Gasteiger charge is 2.22. The Morgan fingerprint density at radius 2 is 1.70 bits per heavy atom. The number of hydrogen-bond donors (Lipinski definition) is 1. The molecule has 0 bridgehead atoms. The van der Waals surface area contributed by atoms with Crippen LogP contribution in [0, 0.1) is 6.92 Å². The van der Waals surface area contributed by atoms with E-state index in [1.165, 1.54) is 41.5 Å². The van der Waals surface area contributed by atoms with Crippen LogP contribution < -0.4 is 10.1 Å². The highest BCUT2D eigenvalue weighted by atomic mass is 16.5. The summed E-state index contributed by atoms with van der Waals surface area (Å²) in [6.07, 6.45) is 5.92. The van der Waals surface area contributed by atoms with Crippen molar-refractivity contribution in [1.29, 1.82) is 0 Å². The fourth-order valence-corrected chi connectivity index (χ4v) is 3.76. The van der Waals surface area contributed by atoms with Gasteiger partial charge >= 0.3 is 0 Å². The number of ether oxygens (including phenoxy) is 1. The molecule has 0 radical (unpaired) electrons. The second kappa shape index (κ2) is 9.07. The highest BCUT2D eigenvalue weighted by molar-refractivity contribution is 5.81. The van der Waals surface area contributed by atoms with Gasteiger partial charge in [0.2, 0.25) is 0 Å². The van der Waals surface area contributed by atoms with E-state index < -0.39 is 6.10 Å². The van der Waals surface area contributed by atoms with E-state index in [0.717, 1.165) is 18.6 Å². The van der Waals surface area contributed by atoms with Crippen LogP contribution in [0.25, 0.3) is 0 Å². The van der Waals surface area contributed by atoms with Gasteiger partial charge in [0, 0.05) is 0 Å². The van der Waals surface area contributed by atoms with Crippen LogP contribution in [0.5, 0.6) is 5.75 Å². The summed E-state index contributed by atoms with van der Waals surface area (Å²) in [5.41, 5.74) is 5.31. The summed E-state index contributed by atoms with van der Waals surface area (Å²) < 4.78 is 5.94. The van der Waals surface area contributed by atoms with Gasteiger partial charge in [-0.15, -0.1) is 0 Å². The van der Waals surface area contributed by atoms with Crippen LogP contribution in [-0.4, -0.2) is 12.0 Å². The minimum Gasteiger partial charge on any atom is -0.481 e. The van der Waals surface area contributed by atoms with Gasteiger partial charge in [0.05, 0.1) is 6.04 Å². The maximum absolute atomic E-state index is 12.8. The molecule has 1 N–H and O–H groups in total. The number of rotatable bonds is 7. The Bertz CT molecular complexity index is 766. The SMILES string of the molecule is CC[C@@H](Oc1ccc(C)cc1)C(=O)N[C@H](CC)c1ccc2c(c1)CCCC2. The lowest BCUT2D eigenvalue weighted by Crippen LogP contribution is -2.40. The van der Waals surface area contributed by atoms with Crippen LogP contribution in [0.3, 0.4) is 0 Å². The molecule has 2 atom stereocenters.